The molecule has 0 spiro atoms. The summed E-state index contributed by atoms with van der Waals surface area (Å²) in [5.41, 5.74) is 1.83. The number of carbonyl (C=O) groups is 1. The molecule has 1 amide bonds. The third-order valence-corrected chi connectivity index (χ3v) is 6.79. The summed E-state index contributed by atoms with van der Waals surface area (Å²) in [5, 5.41) is 10.1. The Morgan fingerprint density at radius 1 is 1.04 bits per heavy atom. The monoisotopic (exact) mass is 417 g/mol. The average molecular weight is 418 g/mol. The molecule has 0 aliphatic rings. The van der Waals surface area contributed by atoms with E-state index < -0.39 is 15.7 Å². The van der Waals surface area contributed by atoms with Crippen LogP contribution in [0.5, 0.6) is 5.75 Å². The van der Waals surface area contributed by atoms with E-state index in [1.165, 1.54) is 5.56 Å². The molecule has 28 heavy (non-hydrogen) atoms. The third-order valence-electron chi connectivity index (χ3n) is 3.82. The summed E-state index contributed by atoms with van der Waals surface area (Å²) in [6, 6.07) is 16.3. The van der Waals surface area contributed by atoms with Crippen molar-refractivity contribution in [2.75, 3.05) is 11.9 Å². The number of amides is 1. The first-order chi connectivity index (χ1) is 13.5. The average Bonchev–Trinajstić information content (AvgIpc) is 3.17. The van der Waals surface area contributed by atoms with Crippen LogP contribution in [0.2, 0.25) is 0 Å². The lowest BCUT2D eigenvalue weighted by molar-refractivity contribution is -0.118. The van der Waals surface area contributed by atoms with Crippen LogP contribution >= 0.6 is 11.3 Å². The van der Waals surface area contributed by atoms with Crippen molar-refractivity contribution in [1.29, 1.82) is 0 Å². The molecule has 0 aliphatic heterocycles. The zero-order chi connectivity index (χ0) is 20.0. The van der Waals surface area contributed by atoms with E-state index >= 15 is 0 Å². The molecule has 3 rings (SSSR count). The molecule has 1 heterocycles. The molecule has 0 fully saturated rings. The van der Waals surface area contributed by atoms with Crippen molar-refractivity contribution >= 4 is 32.2 Å². The standard InChI is InChI=1S/C19H19N3O4S2/c1-2-14-8-10-16(11-9-14)26-12-17(23)20-18-21-22-19(27-18)28(24,25)13-15-6-4-3-5-7-15/h3-11H,2,12-13H2,1H3,(H,20,21,23). The lowest BCUT2D eigenvalue weighted by Gasteiger charge is -2.06. The molecule has 1 N–H and O–H groups in total. The number of carbonyl (C=O) groups excluding carboxylic acids is 1. The van der Waals surface area contributed by atoms with Gasteiger partial charge in [-0.3, -0.25) is 10.1 Å². The maximum atomic E-state index is 12.4. The number of aromatic nitrogens is 2. The largest absolute Gasteiger partial charge is 0.484 e. The minimum absolute atomic E-state index is 0.113. The second-order valence-corrected chi connectivity index (χ2v) is 9.09. The third kappa shape index (κ3) is 5.37. The number of ether oxygens (including phenoxy) is 1. The molecular weight excluding hydrogens is 398 g/mol. The molecule has 0 unspecified atom stereocenters. The van der Waals surface area contributed by atoms with Crippen molar-refractivity contribution < 1.29 is 17.9 Å². The number of anilines is 1. The van der Waals surface area contributed by atoms with Crippen LogP contribution in [-0.2, 0) is 26.8 Å². The highest BCUT2D eigenvalue weighted by molar-refractivity contribution is 7.92. The molecule has 0 saturated carbocycles. The van der Waals surface area contributed by atoms with Crippen LogP contribution in [0.25, 0.3) is 0 Å². The molecule has 0 radical (unpaired) electrons. The Bertz CT molecular complexity index is 1030. The fourth-order valence-corrected chi connectivity index (χ4v) is 4.70. The van der Waals surface area contributed by atoms with Gasteiger partial charge in [-0.1, -0.05) is 60.7 Å². The molecule has 0 atom stereocenters. The van der Waals surface area contributed by atoms with E-state index in [2.05, 4.69) is 22.4 Å². The van der Waals surface area contributed by atoms with Gasteiger partial charge in [0.15, 0.2) is 6.61 Å². The van der Waals surface area contributed by atoms with Crippen molar-refractivity contribution in [2.24, 2.45) is 0 Å². The molecule has 1 aromatic heterocycles. The number of benzene rings is 2. The number of hydrogen-bond donors (Lipinski definition) is 1. The van der Waals surface area contributed by atoms with Crippen molar-refractivity contribution in [3.05, 3.63) is 65.7 Å². The van der Waals surface area contributed by atoms with Crippen LogP contribution in [0.4, 0.5) is 5.13 Å². The predicted octanol–water partition coefficient (Wildman–Crippen LogP) is 3.09. The zero-order valence-electron chi connectivity index (χ0n) is 15.2. The lowest BCUT2D eigenvalue weighted by Crippen LogP contribution is -2.20. The predicted molar refractivity (Wildman–Crippen MR) is 107 cm³/mol. The Morgan fingerprint density at radius 2 is 1.75 bits per heavy atom. The molecule has 3 aromatic rings. The topological polar surface area (TPSA) is 98.2 Å². The molecule has 9 heteroatoms. The van der Waals surface area contributed by atoms with Crippen LogP contribution in [0.1, 0.15) is 18.1 Å². The zero-order valence-corrected chi connectivity index (χ0v) is 16.8. The molecule has 0 saturated heterocycles. The van der Waals surface area contributed by atoms with Crippen LogP contribution in [0.3, 0.4) is 0 Å². The second kappa shape index (κ2) is 8.94. The first-order valence-electron chi connectivity index (χ1n) is 8.58. The normalized spacial score (nSPS) is 11.2. The lowest BCUT2D eigenvalue weighted by atomic mass is 10.2. The summed E-state index contributed by atoms with van der Waals surface area (Å²) in [7, 11) is -3.63. The summed E-state index contributed by atoms with van der Waals surface area (Å²) >= 11 is 0.816. The van der Waals surface area contributed by atoms with E-state index in [1.54, 1.807) is 36.4 Å². The molecular formula is C19H19N3O4S2. The number of sulfone groups is 1. The molecule has 0 bridgehead atoms. The minimum atomic E-state index is -3.63. The van der Waals surface area contributed by atoms with Gasteiger partial charge in [-0.15, -0.1) is 10.2 Å². The van der Waals surface area contributed by atoms with E-state index in [1.807, 2.05) is 18.2 Å². The summed E-state index contributed by atoms with van der Waals surface area (Å²) in [6.07, 6.45) is 0.924. The Kier molecular flexibility index (Phi) is 6.37. The van der Waals surface area contributed by atoms with E-state index in [-0.39, 0.29) is 21.8 Å². The Labute approximate surface area is 167 Å². The van der Waals surface area contributed by atoms with Gasteiger partial charge in [-0.05, 0) is 29.7 Å². The molecule has 7 nitrogen and oxygen atoms in total. The highest BCUT2D eigenvalue weighted by atomic mass is 32.2. The van der Waals surface area contributed by atoms with E-state index in [9.17, 15) is 13.2 Å². The van der Waals surface area contributed by atoms with E-state index in [4.69, 9.17) is 4.74 Å². The van der Waals surface area contributed by atoms with Crippen LogP contribution < -0.4 is 10.1 Å². The van der Waals surface area contributed by atoms with Gasteiger partial charge in [0.05, 0.1) is 5.75 Å². The van der Waals surface area contributed by atoms with Gasteiger partial charge < -0.3 is 4.74 Å². The van der Waals surface area contributed by atoms with Crippen LogP contribution in [0.15, 0.2) is 58.9 Å². The SMILES string of the molecule is CCc1ccc(OCC(=O)Nc2nnc(S(=O)(=O)Cc3ccccc3)s2)cc1. The smallest absolute Gasteiger partial charge is 0.264 e. The fraction of sp³-hybridized carbons (Fsp3) is 0.211. The summed E-state index contributed by atoms with van der Waals surface area (Å²) < 4.78 is 30.2. The van der Waals surface area contributed by atoms with Gasteiger partial charge in [-0.25, -0.2) is 8.42 Å². The summed E-state index contributed by atoms with van der Waals surface area (Å²) in [4.78, 5) is 12.0. The highest BCUT2D eigenvalue weighted by Gasteiger charge is 2.21. The number of nitrogens with one attached hydrogen (secondary N) is 1. The Balaban J connectivity index is 1.56. The van der Waals surface area contributed by atoms with Crippen molar-refractivity contribution in [3.63, 3.8) is 0 Å². The Hall–Kier alpha value is -2.78. The summed E-state index contributed by atoms with van der Waals surface area (Å²) in [5.74, 6) is -0.0359. The number of nitrogens with zero attached hydrogens (tertiary/aromatic N) is 2. The number of aryl methyl sites for hydroxylation is 1. The second-order valence-electron chi connectivity index (χ2n) is 5.95. The maximum absolute atomic E-state index is 12.4. The van der Waals surface area contributed by atoms with Gasteiger partial charge >= 0.3 is 0 Å². The first-order valence-corrected chi connectivity index (χ1v) is 11.0. The maximum Gasteiger partial charge on any atom is 0.264 e. The van der Waals surface area contributed by atoms with E-state index in [0.717, 1.165) is 17.8 Å². The quantitative estimate of drug-likeness (QED) is 0.566. The van der Waals surface area contributed by atoms with Gasteiger partial charge in [0, 0.05) is 0 Å². The molecule has 146 valence electrons. The van der Waals surface area contributed by atoms with Crippen molar-refractivity contribution in [2.45, 2.75) is 23.4 Å². The van der Waals surface area contributed by atoms with Gasteiger partial charge in [0.2, 0.25) is 19.3 Å². The van der Waals surface area contributed by atoms with Crippen molar-refractivity contribution in [1.82, 2.24) is 10.2 Å². The molecule has 0 aliphatic carbocycles. The molecule has 2 aromatic carbocycles. The highest BCUT2D eigenvalue weighted by Crippen LogP contribution is 2.23. The Morgan fingerprint density at radius 3 is 2.43 bits per heavy atom. The van der Waals surface area contributed by atoms with Crippen molar-refractivity contribution in [3.8, 4) is 5.75 Å². The summed E-state index contributed by atoms with van der Waals surface area (Å²) in [6.45, 7) is 1.84. The minimum Gasteiger partial charge on any atom is -0.484 e. The van der Waals surface area contributed by atoms with Crippen LogP contribution in [-0.4, -0.2) is 31.1 Å². The number of rotatable bonds is 8. The van der Waals surface area contributed by atoms with E-state index in [0.29, 0.717) is 11.3 Å². The number of hydrogen-bond acceptors (Lipinski definition) is 7. The van der Waals surface area contributed by atoms with Gasteiger partial charge in [0.25, 0.3) is 5.91 Å². The van der Waals surface area contributed by atoms with Crippen LogP contribution in [0, 0.1) is 0 Å². The van der Waals surface area contributed by atoms with Gasteiger partial charge in [0.1, 0.15) is 5.75 Å². The fourth-order valence-electron chi connectivity index (χ4n) is 2.37. The van der Waals surface area contributed by atoms with Gasteiger partial charge in [-0.2, -0.15) is 0 Å². The first kappa shape index (κ1) is 20.0.